The molecule has 0 bridgehead atoms. The Balaban J connectivity index is 2.27. The summed E-state index contributed by atoms with van der Waals surface area (Å²) in [6.07, 6.45) is 0. The van der Waals surface area contributed by atoms with Gasteiger partial charge < -0.3 is 25.4 Å². The second-order valence-corrected chi connectivity index (χ2v) is 6.02. The maximum atomic E-state index is 11.7. The first kappa shape index (κ1) is 21.9. The lowest BCUT2D eigenvalue weighted by atomic mass is 10.2. The molecule has 7 heteroatoms. The highest BCUT2D eigenvalue weighted by Crippen LogP contribution is 2.02. The second kappa shape index (κ2) is 14.1. The summed E-state index contributed by atoms with van der Waals surface area (Å²) in [6, 6.07) is 10.1. The van der Waals surface area contributed by atoms with E-state index >= 15 is 0 Å². The van der Waals surface area contributed by atoms with Crippen LogP contribution in [0.5, 0.6) is 0 Å². The molecule has 0 fully saturated rings. The lowest BCUT2D eigenvalue weighted by Gasteiger charge is -2.16. The number of rotatable bonds is 12. The first-order valence-electron chi connectivity index (χ1n) is 9.05. The monoisotopic (exact) mass is 364 g/mol. The minimum atomic E-state index is -0.126. The topological polar surface area (TPSA) is 84.0 Å². The molecule has 0 aliphatic carbocycles. The summed E-state index contributed by atoms with van der Waals surface area (Å²) in [5, 5.41) is 9.12. The maximum absolute atomic E-state index is 11.7. The van der Waals surface area contributed by atoms with Crippen molar-refractivity contribution in [3.63, 3.8) is 0 Å². The summed E-state index contributed by atoms with van der Waals surface area (Å²) in [5.41, 5.74) is 1.17. The van der Waals surface area contributed by atoms with Crippen LogP contribution in [0.1, 0.15) is 19.4 Å². The van der Waals surface area contributed by atoms with Crippen LogP contribution in [0.15, 0.2) is 35.3 Å². The molecule has 3 N–H and O–H groups in total. The highest BCUT2D eigenvalue weighted by atomic mass is 16.5. The van der Waals surface area contributed by atoms with Crippen LogP contribution in [0.25, 0.3) is 0 Å². The Morgan fingerprint density at radius 2 is 1.96 bits per heavy atom. The standard InChI is InChI=1S/C19H32N4O3/c1-4-20-19(23-13-18(24)21-10-11-25-3)22-12-16(2)14-26-15-17-8-6-5-7-9-17/h5-9,16H,4,10-15H2,1-3H3,(H,21,24)(H2,20,22,23). The minimum absolute atomic E-state index is 0.0813. The predicted octanol–water partition coefficient (Wildman–Crippen LogP) is 1.16. The quantitative estimate of drug-likeness (QED) is 0.294. The van der Waals surface area contributed by atoms with Crippen LogP contribution in [0.4, 0.5) is 0 Å². The number of nitrogens with one attached hydrogen (secondary N) is 3. The number of nitrogens with zero attached hydrogens (tertiary/aromatic N) is 1. The summed E-state index contributed by atoms with van der Waals surface area (Å²) in [6.45, 7) is 7.87. The Labute approximate surface area is 156 Å². The molecule has 26 heavy (non-hydrogen) atoms. The number of aliphatic imine (C=N–C) groups is 1. The van der Waals surface area contributed by atoms with Gasteiger partial charge in [-0.2, -0.15) is 0 Å². The fraction of sp³-hybridized carbons (Fsp3) is 0.579. The van der Waals surface area contributed by atoms with E-state index in [1.165, 1.54) is 5.56 Å². The molecule has 1 aromatic rings. The number of amides is 1. The Hall–Kier alpha value is -2.12. The molecule has 0 aliphatic rings. The molecular weight excluding hydrogens is 332 g/mol. The molecular formula is C19H32N4O3. The SMILES string of the molecule is CCNC(=NCC(=O)NCCOC)NCC(C)COCc1ccccc1. The van der Waals surface area contributed by atoms with E-state index < -0.39 is 0 Å². The first-order valence-corrected chi connectivity index (χ1v) is 9.05. The zero-order valence-corrected chi connectivity index (χ0v) is 16.1. The average molecular weight is 364 g/mol. The largest absolute Gasteiger partial charge is 0.383 e. The maximum Gasteiger partial charge on any atom is 0.241 e. The molecule has 0 spiro atoms. The number of ether oxygens (including phenoxy) is 2. The van der Waals surface area contributed by atoms with E-state index in [0.29, 0.717) is 44.8 Å². The van der Waals surface area contributed by atoms with Crippen molar-refractivity contribution in [3.05, 3.63) is 35.9 Å². The van der Waals surface area contributed by atoms with Crippen molar-refractivity contribution in [1.82, 2.24) is 16.0 Å². The number of methoxy groups -OCH3 is 1. The van der Waals surface area contributed by atoms with Gasteiger partial charge in [0.2, 0.25) is 5.91 Å². The zero-order chi connectivity index (χ0) is 19.0. The van der Waals surface area contributed by atoms with Gasteiger partial charge in [0, 0.05) is 26.7 Å². The summed E-state index contributed by atoms with van der Waals surface area (Å²) in [5.74, 6) is 0.820. The minimum Gasteiger partial charge on any atom is -0.383 e. The van der Waals surface area contributed by atoms with Gasteiger partial charge in [-0.15, -0.1) is 0 Å². The van der Waals surface area contributed by atoms with Gasteiger partial charge in [0.25, 0.3) is 0 Å². The van der Waals surface area contributed by atoms with Gasteiger partial charge in [0.05, 0.1) is 19.8 Å². The number of carbonyl (C=O) groups excluding carboxylic acids is 1. The lowest BCUT2D eigenvalue weighted by Crippen LogP contribution is -2.41. The average Bonchev–Trinajstić information content (AvgIpc) is 2.65. The molecule has 1 rings (SSSR count). The Morgan fingerprint density at radius 3 is 2.65 bits per heavy atom. The molecule has 0 aliphatic heterocycles. The van der Waals surface area contributed by atoms with Gasteiger partial charge in [-0.05, 0) is 18.4 Å². The van der Waals surface area contributed by atoms with E-state index in [4.69, 9.17) is 9.47 Å². The van der Waals surface area contributed by atoms with E-state index in [9.17, 15) is 4.79 Å². The fourth-order valence-corrected chi connectivity index (χ4v) is 2.12. The summed E-state index contributed by atoms with van der Waals surface area (Å²) in [4.78, 5) is 16.0. The molecule has 1 aromatic carbocycles. The van der Waals surface area contributed by atoms with Crippen LogP contribution in [-0.4, -0.2) is 58.4 Å². The molecule has 0 radical (unpaired) electrons. The van der Waals surface area contributed by atoms with Gasteiger partial charge in [-0.3, -0.25) is 4.79 Å². The van der Waals surface area contributed by atoms with Gasteiger partial charge >= 0.3 is 0 Å². The molecule has 0 saturated carbocycles. The normalized spacial score (nSPS) is 12.5. The summed E-state index contributed by atoms with van der Waals surface area (Å²) >= 11 is 0. The van der Waals surface area contributed by atoms with Crippen LogP contribution in [0, 0.1) is 5.92 Å². The van der Waals surface area contributed by atoms with Crippen molar-refractivity contribution in [2.24, 2.45) is 10.9 Å². The highest BCUT2D eigenvalue weighted by molar-refractivity contribution is 5.84. The Kier molecular flexibility index (Phi) is 11.9. The van der Waals surface area contributed by atoms with Crippen LogP contribution >= 0.6 is 0 Å². The van der Waals surface area contributed by atoms with Crippen molar-refractivity contribution < 1.29 is 14.3 Å². The van der Waals surface area contributed by atoms with Crippen molar-refractivity contribution in [2.75, 3.05) is 46.5 Å². The van der Waals surface area contributed by atoms with Gasteiger partial charge in [0.1, 0.15) is 6.54 Å². The highest BCUT2D eigenvalue weighted by Gasteiger charge is 2.06. The van der Waals surface area contributed by atoms with E-state index in [-0.39, 0.29) is 12.5 Å². The molecule has 0 saturated heterocycles. The lowest BCUT2D eigenvalue weighted by molar-refractivity contribution is -0.119. The molecule has 1 unspecified atom stereocenters. The Morgan fingerprint density at radius 1 is 1.19 bits per heavy atom. The number of hydrogen-bond acceptors (Lipinski definition) is 4. The first-order chi connectivity index (χ1) is 12.7. The Bertz CT molecular complexity index is 523. The number of benzene rings is 1. The third-order valence-corrected chi connectivity index (χ3v) is 3.49. The van der Waals surface area contributed by atoms with Crippen LogP contribution in [0.3, 0.4) is 0 Å². The third-order valence-electron chi connectivity index (χ3n) is 3.49. The smallest absolute Gasteiger partial charge is 0.241 e. The van der Waals surface area contributed by atoms with E-state index in [1.807, 2.05) is 25.1 Å². The zero-order valence-electron chi connectivity index (χ0n) is 16.1. The van der Waals surface area contributed by atoms with Gasteiger partial charge in [-0.25, -0.2) is 4.99 Å². The predicted molar refractivity (Wildman–Crippen MR) is 104 cm³/mol. The number of carbonyl (C=O) groups is 1. The van der Waals surface area contributed by atoms with Crippen LogP contribution in [0.2, 0.25) is 0 Å². The van der Waals surface area contributed by atoms with Gasteiger partial charge in [-0.1, -0.05) is 37.3 Å². The van der Waals surface area contributed by atoms with Crippen molar-refractivity contribution in [2.45, 2.75) is 20.5 Å². The van der Waals surface area contributed by atoms with Crippen molar-refractivity contribution >= 4 is 11.9 Å². The molecule has 146 valence electrons. The van der Waals surface area contributed by atoms with Crippen molar-refractivity contribution in [3.8, 4) is 0 Å². The molecule has 1 atom stereocenters. The van der Waals surface area contributed by atoms with Crippen LogP contribution in [-0.2, 0) is 20.9 Å². The molecule has 0 heterocycles. The van der Waals surface area contributed by atoms with Crippen molar-refractivity contribution in [1.29, 1.82) is 0 Å². The van der Waals surface area contributed by atoms with Gasteiger partial charge in [0.15, 0.2) is 5.96 Å². The number of hydrogen-bond donors (Lipinski definition) is 3. The third kappa shape index (κ3) is 10.7. The second-order valence-electron chi connectivity index (χ2n) is 6.02. The summed E-state index contributed by atoms with van der Waals surface area (Å²) in [7, 11) is 1.60. The van der Waals surface area contributed by atoms with E-state index in [1.54, 1.807) is 7.11 Å². The van der Waals surface area contributed by atoms with E-state index in [0.717, 1.165) is 6.54 Å². The van der Waals surface area contributed by atoms with E-state index in [2.05, 4.69) is 40.0 Å². The fourth-order valence-electron chi connectivity index (χ4n) is 2.12. The molecule has 1 amide bonds. The number of guanidine groups is 1. The molecule has 0 aromatic heterocycles. The van der Waals surface area contributed by atoms with Crippen LogP contribution < -0.4 is 16.0 Å². The summed E-state index contributed by atoms with van der Waals surface area (Å²) < 4.78 is 10.6. The molecule has 7 nitrogen and oxygen atoms in total.